The maximum absolute atomic E-state index is 12.4. The highest BCUT2D eigenvalue weighted by atomic mass is 16.2. The predicted octanol–water partition coefficient (Wildman–Crippen LogP) is 1.79. The Hall–Kier alpha value is -3.68. The summed E-state index contributed by atoms with van der Waals surface area (Å²) in [7, 11) is 0. The number of benzene rings is 2. The van der Waals surface area contributed by atoms with Gasteiger partial charge in [-0.2, -0.15) is 0 Å². The van der Waals surface area contributed by atoms with E-state index in [1.54, 1.807) is 48.5 Å². The molecule has 3 rings (SSSR count). The Balaban J connectivity index is 2.03. The molecule has 1 heterocycles. The van der Waals surface area contributed by atoms with E-state index in [1.165, 1.54) is 6.92 Å². The number of nitrogens with one attached hydrogen (secondary N) is 4. The molecule has 4 amide bonds. The minimum atomic E-state index is -0.997. The molecule has 0 radical (unpaired) electrons. The summed E-state index contributed by atoms with van der Waals surface area (Å²) in [6, 6.07) is 12.8. The number of hydrogen-bond donors (Lipinski definition) is 4. The number of amides is 4. The lowest BCUT2D eigenvalue weighted by molar-refractivity contribution is -0.132. The lowest BCUT2D eigenvalue weighted by atomic mass is 10.1. The molecule has 0 aromatic heterocycles. The maximum atomic E-state index is 12.4. The van der Waals surface area contributed by atoms with Crippen LogP contribution in [-0.2, 0) is 19.2 Å². The van der Waals surface area contributed by atoms with Gasteiger partial charge in [0.15, 0.2) is 0 Å². The zero-order valence-corrected chi connectivity index (χ0v) is 13.8. The molecule has 1 aliphatic rings. The molecule has 0 saturated heterocycles. The summed E-state index contributed by atoms with van der Waals surface area (Å²) < 4.78 is 0. The smallest absolute Gasteiger partial charge is 0.314 e. The third-order valence-corrected chi connectivity index (χ3v) is 3.86. The van der Waals surface area contributed by atoms with Crippen LogP contribution in [0.25, 0.3) is 0 Å². The van der Waals surface area contributed by atoms with Crippen molar-refractivity contribution < 1.29 is 19.2 Å². The predicted molar refractivity (Wildman–Crippen MR) is 96.6 cm³/mol. The Morgan fingerprint density at radius 2 is 0.885 bits per heavy atom. The highest BCUT2D eigenvalue weighted by Gasteiger charge is 2.25. The first-order valence-electron chi connectivity index (χ1n) is 7.88. The molecule has 8 nitrogen and oxygen atoms in total. The number of anilines is 4. The molecule has 0 bridgehead atoms. The fourth-order valence-corrected chi connectivity index (χ4v) is 2.36. The van der Waals surface area contributed by atoms with Crippen molar-refractivity contribution in [2.24, 2.45) is 5.92 Å². The van der Waals surface area contributed by atoms with Crippen molar-refractivity contribution in [3.8, 4) is 0 Å². The lowest BCUT2D eigenvalue weighted by Crippen LogP contribution is -2.31. The first-order chi connectivity index (χ1) is 12.5. The highest BCUT2D eigenvalue weighted by Crippen LogP contribution is 2.25. The Kier molecular flexibility index (Phi) is 4.66. The maximum Gasteiger partial charge on any atom is 0.314 e. The zero-order chi connectivity index (χ0) is 18.7. The molecule has 2 aromatic rings. The van der Waals surface area contributed by atoms with Gasteiger partial charge in [0.1, 0.15) is 5.92 Å². The quantitative estimate of drug-likeness (QED) is 0.427. The molecule has 26 heavy (non-hydrogen) atoms. The van der Waals surface area contributed by atoms with Crippen LogP contribution in [-0.4, -0.2) is 23.6 Å². The number of carbonyl (C=O) groups excluding carboxylic acids is 4. The van der Waals surface area contributed by atoms with Crippen LogP contribution < -0.4 is 21.3 Å². The molecule has 8 heteroatoms. The molecule has 0 atom stereocenters. The summed E-state index contributed by atoms with van der Waals surface area (Å²) >= 11 is 0. The molecule has 0 unspecified atom stereocenters. The van der Waals surface area contributed by atoms with Crippen molar-refractivity contribution in [1.82, 2.24) is 0 Å². The van der Waals surface area contributed by atoms with Gasteiger partial charge in [-0.05, 0) is 31.2 Å². The largest absolute Gasteiger partial charge is 0.324 e. The minimum Gasteiger partial charge on any atom is -0.324 e. The molecular weight excluding hydrogens is 336 g/mol. The van der Waals surface area contributed by atoms with Gasteiger partial charge in [-0.3, -0.25) is 19.2 Å². The summed E-state index contributed by atoms with van der Waals surface area (Å²) in [6.07, 6.45) is 0. The average Bonchev–Trinajstić information content (AvgIpc) is 2.63. The Morgan fingerprint density at radius 1 is 0.577 bits per heavy atom. The van der Waals surface area contributed by atoms with Crippen LogP contribution in [0.5, 0.6) is 0 Å². The van der Waals surface area contributed by atoms with Gasteiger partial charge in [-0.1, -0.05) is 24.3 Å². The third kappa shape index (κ3) is 3.54. The highest BCUT2D eigenvalue weighted by molar-refractivity contribution is 6.44. The standard InChI is InChI=1S/C18H16N4O4/c1-10-15(23)19-11-6-2-4-8-13(11)21-17(25)18(26)22-14-9-5-3-7-12(14)20-16(10)24/h2-10H,1H3,(H,19,23)(H,20,24)(H,21,25)(H,22,26). The van der Waals surface area contributed by atoms with E-state index in [0.29, 0.717) is 0 Å². The van der Waals surface area contributed by atoms with E-state index in [-0.39, 0.29) is 22.7 Å². The molecule has 0 aliphatic carbocycles. The van der Waals surface area contributed by atoms with Crippen LogP contribution in [0.3, 0.4) is 0 Å². The van der Waals surface area contributed by atoms with Gasteiger partial charge in [-0.25, -0.2) is 0 Å². The summed E-state index contributed by atoms with van der Waals surface area (Å²) in [5.41, 5.74) is 1.08. The summed E-state index contributed by atoms with van der Waals surface area (Å²) in [5.74, 6) is -3.89. The van der Waals surface area contributed by atoms with Gasteiger partial charge in [-0.15, -0.1) is 0 Å². The van der Waals surface area contributed by atoms with Crippen molar-refractivity contribution in [2.75, 3.05) is 21.3 Å². The average molecular weight is 352 g/mol. The number of fused-ring (bicyclic) bond motifs is 2. The summed E-state index contributed by atoms with van der Waals surface area (Å²) in [5, 5.41) is 10.1. The van der Waals surface area contributed by atoms with Gasteiger partial charge in [0, 0.05) is 0 Å². The molecule has 4 N–H and O–H groups in total. The number of para-hydroxylation sites is 4. The number of rotatable bonds is 0. The summed E-state index contributed by atoms with van der Waals surface area (Å²) in [6.45, 7) is 1.46. The van der Waals surface area contributed by atoms with Crippen molar-refractivity contribution in [2.45, 2.75) is 6.92 Å². The molecule has 0 spiro atoms. The second-order valence-electron chi connectivity index (χ2n) is 5.70. The molecule has 2 aromatic carbocycles. The van der Waals surface area contributed by atoms with Gasteiger partial charge < -0.3 is 21.3 Å². The fourth-order valence-electron chi connectivity index (χ4n) is 2.36. The molecule has 132 valence electrons. The van der Waals surface area contributed by atoms with E-state index < -0.39 is 29.5 Å². The monoisotopic (exact) mass is 352 g/mol. The van der Waals surface area contributed by atoms with Crippen molar-refractivity contribution in [3.63, 3.8) is 0 Å². The van der Waals surface area contributed by atoms with E-state index >= 15 is 0 Å². The van der Waals surface area contributed by atoms with Crippen molar-refractivity contribution >= 4 is 46.4 Å². The van der Waals surface area contributed by atoms with Gasteiger partial charge in [0.25, 0.3) is 0 Å². The van der Waals surface area contributed by atoms with Crippen LogP contribution in [0.15, 0.2) is 48.5 Å². The fraction of sp³-hybridized carbons (Fsp3) is 0.111. The molecule has 1 aliphatic heterocycles. The Bertz CT molecular complexity index is 836. The molecular formula is C18H16N4O4. The third-order valence-electron chi connectivity index (χ3n) is 3.86. The Morgan fingerprint density at radius 3 is 1.23 bits per heavy atom. The van der Waals surface area contributed by atoms with Gasteiger partial charge in [0.05, 0.1) is 22.7 Å². The first kappa shape index (κ1) is 17.2. The molecule has 0 fully saturated rings. The topological polar surface area (TPSA) is 116 Å². The molecule has 0 saturated carbocycles. The SMILES string of the molecule is CC1C(=O)Nc2ccccc2NC(=O)C(=O)Nc2ccccc2NC1=O. The van der Waals surface area contributed by atoms with Crippen LogP contribution in [0.1, 0.15) is 6.92 Å². The second kappa shape index (κ2) is 7.06. The number of hydrogen-bond acceptors (Lipinski definition) is 4. The van der Waals surface area contributed by atoms with Crippen LogP contribution in [0, 0.1) is 5.92 Å². The van der Waals surface area contributed by atoms with Gasteiger partial charge in [0.2, 0.25) is 11.8 Å². The van der Waals surface area contributed by atoms with Gasteiger partial charge >= 0.3 is 11.8 Å². The second-order valence-corrected chi connectivity index (χ2v) is 5.70. The van der Waals surface area contributed by atoms with E-state index in [2.05, 4.69) is 21.3 Å². The van der Waals surface area contributed by atoms with Crippen LogP contribution in [0.2, 0.25) is 0 Å². The van der Waals surface area contributed by atoms with Crippen molar-refractivity contribution in [3.05, 3.63) is 48.5 Å². The first-order valence-corrected chi connectivity index (χ1v) is 7.88. The lowest BCUT2D eigenvalue weighted by Gasteiger charge is -2.15. The van der Waals surface area contributed by atoms with Crippen LogP contribution >= 0.6 is 0 Å². The summed E-state index contributed by atoms with van der Waals surface area (Å²) in [4.78, 5) is 49.1. The van der Waals surface area contributed by atoms with E-state index in [4.69, 9.17) is 0 Å². The Labute approximate surface area is 149 Å². The zero-order valence-electron chi connectivity index (χ0n) is 13.8. The van der Waals surface area contributed by atoms with E-state index in [1.807, 2.05) is 0 Å². The minimum absolute atomic E-state index is 0.251. The van der Waals surface area contributed by atoms with E-state index in [9.17, 15) is 19.2 Å². The normalized spacial score (nSPS) is 15.7. The van der Waals surface area contributed by atoms with E-state index in [0.717, 1.165) is 0 Å². The number of carbonyl (C=O) groups is 4. The van der Waals surface area contributed by atoms with Crippen molar-refractivity contribution in [1.29, 1.82) is 0 Å². The van der Waals surface area contributed by atoms with Crippen LogP contribution in [0.4, 0.5) is 22.7 Å².